The molecule has 84 valence electrons. The Bertz CT molecular complexity index is 496. The zero-order valence-electron chi connectivity index (χ0n) is 8.54. The SMILES string of the molecule is COc1ccc(-c2ocnc2CBr)cc1Br. The summed E-state index contributed by atoms with van der Waals surface area (Å²) >= 11 is 6.81. The lowest BCUT2D eigenvalue weighted by atomic mass is 10.1. The molecular formula is C11H9Br2NO2. The Morgan fingerprint density at radius 3 is 2.88 bits per heavy atom. The summed E-state index contributed by atoms with van der Waals surface area (Å²) in [6.45, 7) is 0. The molecule has 16 heavy (non-hydrogen) atoms. The van der Waals surface area contributed by atoms with Crippen LogP contribution in [0.3, 0.4) is 0 Å². The summed E-state index contributed by atoms with van der Waals surface area (Å²) in [6, 6.07) is 5.78. The number of nitrogens with zero attached hydrogens (tertiary/aromatic N) is 1. The first-order valence-electron chi connectivity index (χ1n) is 4.58. The van der Waals surface area contributed by atoms with Gasteiger partial charge in [0.05, 0.1) is 17.3 Å². The van der Waals surface area contributed by atoms with E-state index in [-0.39, 0.29) is 0 Å². The molecule has 0 amide bonds. The van der Waals surface area contributed by atoms with E-state index < -0.39 is 0 Å². The van der Waals surface area contributed by atoms with E-state index in [1.807, 2.05) is 18.2 Å². The molecule has 0 N–H and O–H groups in total. The fraction of sp³-hybridized carbons (Fsp3) is 0.182. The number of halogens is 2. The standard InChI is InChI=1S/C11H9Br2NO2/c1-15-10-3-2-7(4-8(10)13)11-9(5-12)14-6-16-11/h2-4,6H,5H2,1H3. The van der Waals surface area contributed by atoms with Gasteiger partial charge in [0.25, 0.3) is 0 Å². The molecule has 0 aliphatic heterocycles. The van der Waals surface area contributed by atoms with Gasteiger partial charge >= 0.3 is 0 Å². The third-order valence-electron chi connectivity index (χ3n) is 2.18. The van der Waals surface area contributed by atoms with Crippen molar-refractivity contribution < 1.29 is 9.15 Å². The monoisotopic (exact) mass is 345 g/mol. The average Bonchev–Trinajstić information content (AvgIpc) is 2.77. The molecule has 0 aliphatic carbocycles. The highest BCUT2D eigenvalue weighted by atomic mass is 79.9. The van der Waals surface area contributed by atoms with Crippen LogP contribution < -0.4 is 4.74 Å². The molecule has 3 nitrogen and oxygen atoms in total. The summed E-state index contributed by atoms with van der Waals surface area (Å²) in [4.78, 5) is 4.12. The van der Waals surface area contributed by atoms with Gasteiger partial charge in [-0.1, -0.05) is 15.9 Å². The number of aromatic nitrogens is 1. The van der Waals surface area contributed by atoms with Crippen molar-refractivity contribution in [2.75, 3.05) is 7.11 Å². The maximum atomic E-state index is 5.37. The minimum absolute atomic E-state index is 0.669. The smallest absolute Gasteiger partial charge is 0.181 e. The largest absolute Gasteiger partial charge is 0.496 e. The number of methoxy groups -OCH3 is 1. The van der Waals surface area contributed by atoms with Crippen LogP contribution in [-0.4, -0.2) is 12.1 Å². The van der Waals surface area contributed by atoms with Gasteiger partial charge in [-0.2, -0.15) is 0 Å². The van der Waals surface area contributed by atoms with Gasteiger partial charge in [0.15, 0.2) is 12.2 Å². The van der Waals surface area contributed by atoms with Crippen LogP contribution >= 0.6 is 31.9 Å². The van der Waals surface area contributed by atoms with Crippen LogP contribution in [0, 0.1) is 0 Å². The molecule has 0 saturated carbocycles. The predicted octanol–water partition coefficient (Wildman–Crippen LogP) is 4.01. The van der Waals surface area contributed by atoms with Crippen molar-refractivity contribution in [3.05, 3.63) is 34.8 Å². The van der Waals surface area contributed by atoms with Gasteiger partial charge in [0, 0.05) is 10.9 Å². The fourth-order valence-electron chi connectivity index (χ4n) is 1.41. The second kappa shape index (κ2) is 5.01. The normalized spacial score (nSPS) is 10.4. The van der Waals surface area contributed by atoms with Crippen LogP contribution in [0.2, 0.25) is 0 Å². The molecular weight excluding hydrogens is 338 g/mol. The first-order chi connectivity index (χ1) is 7.76. The fourth-order valence-corrected chi connectivity index (χ4v) is 2.35. The average molecular weight is 347 g/mol. The van der Waals surface area contributed by atoms with Crippen LogP contribution in [0.4, 0.5) is 0 Å². The summed E-state index contributed by atoms with van der Waals surface area (Å²) in [5, 5.41) is 0.669. The lowest BCUT2D eigenvalue weighted by Crippen LogP contribution is -1.86. The van der Waals surface area contributed by atoms with Crippen molar-refractivity contribution in [1.29, 1.82) is 0 Å². The van der Waals surface area contributed by atoms with Crippen LogP contribution in [-0.2, 0) is 5.33 Å². The van der Waals surface area contributed by atoms with E-state index in [9.17, 15) is 0 Å². The lowest BCUT2D eigenvalue weighted by molar-refractivity contribution is 0.412. The number of rotatable bonds is 3. The van der Waals surface area contributed by atoms with Crippen molar-refractivity contribution in [3.8, 4) is 17.1 Å². The van der Waals surface area contributed by atoms with Gasteiger partial charge in [0.2, 0.25) is 0 Å². The van der Waals surface area contributed by atoms with E-state index >= 15 is 0 Å². The van der Waals surface area contributed by atoms with E-state index in [1.54, 1.807) is 7.11 Å². The minimum atomic E-state index is 0.669. The van der Waals surface area contributed by atoms with E-state index in [1.165, 1.54) is 6.39 Å². The number of alkyl halides is 1. The lowest BCUT2D eigenvalue weighted by Gasteiger charge is -2.05. The molecule has 0 radical (unpaired) electrons. The van der Waals surface area contributed by atoms with Crippen LogP contribution in [0.25, 0.3) is 11.3 Å². The Hall–Kier alpha value is -0.810. The number of ether oxygens (including phenoxy) is 1. The second-order valence-corrected chi connectivity index (χ2v) is 4.53. The summed E-state index contributed by atoms with van der Waals surface area (Å²) in [5.41, 5.74) is 1.86. The highest BCUT2D eigenvalue weighted by Crippen LogP contribution is 2.32. The summed E-state index contributed by atoms with van der Waals surface area (Å²) in [6.07, 6.45) is 1.45. The van der Waals surface area contributed by atoms with Gasteiger partial charge < -0.3 is 9.15 Å². The molecule has 0 fully saturated rings. The molecule has 2 aromatic rings. The van der Waals surface area contributed by atoms with E-state index in [0.717, 1.165) is 27.2 Å². The summed E-state index contributed by atoms with van der Waals surface area (Å²) < 4.78 is 11.4. The van der Waals surface area contributed by atoms with Gasteiger partial charge in [-0.15, -0.1) is 0 Å². The zero-order chi connectivity index (χ0) is 11.5. The van der Waals surface area contributed by atoms with Gasteiger partial charge in [-0.3, -0.25) is 0 Å². The Labute approximate surface area is 110 Å². The molecule has 1 aromatic carbocycles. The molecule has 0 atom stereocenters. The quantitative estimate of drug-likeness (QED) is 0.788. The van der Waals surface area contributed by atoms with Crippen LogP contribution in [0.1, 0.15) is 5.69 Å². The number of benzene rings is 1. The first kappa shape index (κ1) is 11.7. The third-order valence-corrected chi connectivity index (χ3v) is 3.33. The number of hydrogen-bond acceptors (Lipinski definition) is 3. The zero-order valence-corrected chi connectivity index (χ0v) is 11.7. The molecule has 1 heterocycles. The van der Waals surface area contributed by atoms with E-state index in [0.29, 0.717) is 5.33 Å². The highest BCUT2D eigenvalue weighted by molar-refractivity contribution is 9.10. The Kier molecular flexibility index (Phi) is 3.66. The van der Waals surface area contributed by atoms with Gasteiger partial charge in [-0.05, 0) is 34.1 Å². The van der Waals surface area contributed by atoms with Crippen molar-refractivity contribution >= 4 is 31.9 Å². The third kappa shape index (κ3) is 2.15. The summed E-state index contributed by atoms with van der Waals surface area (Å²) in [5.74, 6) is 1.57. The number of oxazole rings is 1. The molecule has 0 bridgehead atoms. The van der Waals surface area contributed by atoms with Crippen LogP contribution in [0.5, 0.6) is 5.75 Å². The molecule has 0 unspecified atom stereocenters. The van der Waals surface area contributed by atoms with Crippen molar-refractivity contribution in [2.24, 2.45) is 0 Å². The first-order valence-corrected chi connectivity index (χ1v) is 6.50. The van der Waals surface area contributed by atoms with E-state index in [2.05, 4.69) is 36.8 Å². The topological polar surface area (TPSA) is 35.3 Å². The Morgan fingerprint density at radius 1 is 1.44 bits per heavy atom. The Balaban J connectivity index is 2.45. The predicted molar refractivity (Wildman–Crippen MR) is 68.8 cm³/mol. The molecule has 0 aliphatic rings. The number of hydrogen-bond donors (Lipinski definition) is 0. The van der Waals surface area contributed by atoms with E-state index in [4.69, 9.17) is 9.15 Å². The molecule has 0 spiro atoms. The molecule has 0 saturated heterocycles. The van der Waals surface area contributed by atoms with Crippen molar-refractivity contribution in [3.63, 3.8) is 0 Å². The second-order valence-electron chi connectivity index (χ2n) is 3.11. The van der Waals surface area contributed by atoms with Crippen molar-refractivity contribution in [1.82, 2.24) is 4.98 Å². The van der Waals surface area contributed by atoms with Gasteiger partial charge in [0.1, 0.15) is 5.75 Å². The highest BCUT2D eigenvalue weighted by Gasteiger charge is 2.11. The van der Waals surface area contributed by atoms with Crippen LogP contribution in [0.15, 0.2) is 33.5 Å². The van der Waals surface area contributed by atoms with Crippen molar-refractivity contribution in [2.45, 2.75) is 5.33 Å². The maximum absolute atomic E-state index is 5.37. The van der Waals surface area contributed by atoms with Gasteiger partial charge in [-0.25, -0.2) is 4.98 Å². The summed E-state index contributed by atoms with van der Waals surface area (Å²) in [7, 11) is 1.64. The molecule has 2 rings (SSSR count). The Morgan fingerprint density at radius 2 is 2.25 bits per heavy atom. The molecule has 5 heteroatoms. The minimum Gasteiger partial charge on any atom is -0.496 e. The molecule has 1 aromatic heterocycles. The maximum Gasteiger partial charge on any atom is 0.181 e.